The van der Waals surface area contributed by atoms with Crippen LogP contribution in [0.15, 0.2) is 33.5 Å². The molecule has 0 fully saturated rings. The van der Waals surface area contributed by atoms with Gasteiger partial charge in [0.25, 0.3) is 0 Å². The first kappa shape index (κ1) is 19.4. The minimum atomic E-state index is -0.275. The molecule has 3 heterocycles. The summed E-state index contributed by atoms with van der Waals surface area (Å²) >= 11 is 3.00. The number of anilines is 1. The van der Waals surface area contributed by atoms with Crippen LogP contribution in [-0.4, -0.2) is 32.5 Å². The number of hydrogen-bond acceptors (Lipinski definition) is 7. The van der Waals surface area contributed by atoms with Gasteiger partial charge < -0.3 is 14.7 Å². The van der Waals surface area contributed by atoms with E-state index >= 15 is 0 Å². The smallest absolute Gasteiger partial charge is 0.321 e. The standard InChI is InChI=1S/C17H22N6O2S2/c1-17(2,3)12-7-20-13(25-12)9-26-14-8-21-16(27-14)23-15(24)19-5-4-11-6-18-10-22-11/h6-8,10H,4-5,9H2,1-3H3,(H,18,22)(H2,19,21,23,24). The summed E-state index contributed by atoms with van der Waals surface area (Å²) in [4.78, 5) is 27.4. The van der Waals surface area contributed by atoms with E-state index in [0.29, 0.717) is 29.7 Å². The van der Waals surface area contributed by atoms with Gasteiger partial charge in [-0.1, -0.05) is 32.1 Å². The fourth-order valence-electron chi connectivity index (χ4n) is 2.11. The number of nitrogens with one attached hydrogen (secondary N) is 3. The van der Waals surface area contributed by atoms with Crippen molar-refractivity contribution in [3.05, 3.63) is 42.3 Å². The van der Waals surface area contributed by atoms with Crippen molar-refractivity contribution in [2.75, 3.05) is 11.9 Å². The van der Waals surface area contributed by atoms with Crippen molar-refractivity contribution in [1.82, 2.24) is 25.3 Å². The van der Waals surface area contributed by atoms with Gasteiger partial charge in [-0.3, -0.25) is 5.32 Å². The zero-order chi connectivity index (χ0) is 19.3. The number of thiazole rings is 1. The highest BCUT2D eigenvalue weighted by Crippen LogP contribution is 2.31. The van der Waals surface area contributed by atoms with Crippen molar-refractivity contribution in [3.8, 4) is 0 Å². The minimum absolute atomic E-state index is 0.0533. The third-order valence-electron chi connectivity index (χ3n) is 3.57. The molecule has 0 bridgehead atoms. The van der Waals surface area contributed by atoms with Gasteiger partial charge in [0.1, 0.15) is 5.76 Å². The van der Waals surface area contributed by atoms with E-state index in [9.17, 15) is 4.79 Å². The van der Waals surface area contributed by atoms with Gasteiger partial charge in [-0.2, -0.15) is 0 Å². The van der Waals surface area contributed by atoms with Crippen molar-refractivity contribution in [3.63, 3.8) is 0 Å². The third kappa shape index (κ3) is 5.83. The number of aromatic nitrogens is 4. The first-order chi connectivity index (χ1) is 12.9. The Kier molecular flexibility index (Phi) is 6.17. The zero-order valence-corrected chi connectivity index (χ0v) is 17.0. The second kappa shape index (κ2) is 8.57. The molecular formula is C17H22N6O2S2. The maximum atomic E-state index is 11.9. The van der Waals surface area contributed by atoms with E-state index in [2.05, 4.69) is 51.3 Å². The van der Waals surface area contributed by atoms with Gasteiger partial charge in [0.2, 0.25) is 5.89 Å². The molecule has 0 saturated carbocycles. The molecule has 0 aliphatic heterocycles. The van der Waals surface area contributed by atoms with Gasteiger partial charge in [0.15, 0.2) is 5.13 Å². The van der Waals surface area contributed by atoms with E-state index in [1.165, 1.54) is 11.3 Å². The van der Waals surface area contributed by atoms with Crippen molar-refractivity contribution in [1.29, 1.82) is 0 Å². The molecule has 10 heteroatoms. The summed E-state index contributed by atoms with van der Waals surface area (Å²) in [6.07, 6.45) is 7.57. The molecular weight excluding hydrogens is 384 g/mol. The summed E-state index contributed by atoms with van der Waals surface area (Å²) in [7, 11) is 0. The van der Waals surface area contributed by atoms with Gasteiger partial charge in [-0.15, -0.1) is 11.8 Å². The zero-order valence-electron chi connectivity index (χ0n) is 15.4. The molecule has 3 rings (SSSR count). The number of nitrogens with zero attached hydrogens (tertiary/aromatic N) is 3. The largest absolute Gasteiger partial charge is 0.444 e. The highest BCUT2D eigenvalue weighted by Gasteiger charge is 2.19. The second-order valence-electron chi connectivity index (χ2n) is 6.85. The molecule has 8 nitrogen and oxygen atoms in total. The lowest BCUT2D eigenvalue weighted by Crippen LogP contribution is -2.30. The quantitative estimate of drug-likeness (QED) is 0.515. The van der Waals surface area contributed by atoms with Crippen LogP contribution >= 0.6 is 23.1 Å². The first-order valence-corrected chi connectivity index (χ1v) is 10.3. The van der Waals surface area contributed by atoms with E-state index in [0.717, 1.165) is 15.7 Å². The summed E-state index contributed by atoms with van der Waals surface area (Å²) in [6.45, 7) is 6.78. The van der Waals surface area contributed by atoms with Crippen LogP contribution < -0.4 is 10.6 Å². The molecule has 0 aromatic carbocycles. The summed E-state index contributed by atoms with van der Waals surface area (Å²) in [5, 5.41) is 6.09. The highest BCUT2D eigenvalue weighted by molar-refractivity contribution is 8.00. The van der Waals surface area contributed by atoms with E-state index in [1.807, 2.05) is 0 Å². The Morgan fingerprint density at radius 3 is 2.85 bits per heavy atom. The molecule has 27 heavy (non-hydrogen) atoms. The summed E-state index contributed by atoms with van der Waals surface area (Å²) < 4.78 is 6.77. The third-order valence-corrected chi connectivity index (χ3v) is 5.66. The Morgan fingerprint density at radius 1 is 1.30 bits per heavy atom. The van der Waals surface area contributed by atoms with Gasteiger partial charge >= 0.3 is 6.03 Å². The number of oxazole rings is 1. The molecule has 0 aliphatic rings. The number of amides is 2. The number of thioether (sulfide) groups is 1. The van der Waals surface area contributed by atoms with Crippen LogP contribution in [0, 0.1) is 0 Å². The van der Waals surface area contributed by atoms with E-state index in [1.54, 1.807) is 36.7 Å². The van der Waals surface area contributed by atoms with Gasteiger partial charge in [0, 0.05) is 30.3 Å². The molecule has 0 radical (unpaired) electrons. The molecule has 0 saturated heterocycles. The van der Waals surface area contributed by atoms with Crippen LogP contribution in [0.1, 0.15) is 38.1 Å². The minimum Gasteiger partial charge on any atom is -0.444 e. The number of urea groups is 1. The van der Waals surface area contributed by atoms with Crippen LogP contribution in [-0.2, 0) is 17.6 Å². The molecule has 0 spiro atoms. The lowest BCUT2D eigenvalue weighted by atomic mass is 9.94. The molecule has 3 N–H and O–H groups in total. The number of hydrogen-bond donors (Lipinski definition) is 3. The molecule has 0 aliphatic carbocycles. The van der Waals surface area contributed by atoms with Crippen molar-refractivity contribution < 1.29 is 9.21 Å². The molecule has 3 aromatic rings. The lowest BCUT2D eigenvalue weighted by Gasteiger charge is -2.12. The first-order valence-electron chi connectivity index (χ1n) is 8.46. The Hall–Kier alpha value is -2.33. The second-order valence-corrected chi connectivity index (χ2v) is 9.16. The van der Waals surface area contributed by atoms with E-state index < -0.39 is 0 Å². The predicted molar refractivity (Wildman–Crippen MR) is 106 cm³/mol. The maximum absolute atomic E-state index is 11.9. The topological polar surface area (TPSA) is 109 Å². The monoisotopic (exact) mass is 406 g/mol. The summed E-state index contributed by atoms with van der Waals surface area (Å²) in [5.41, 5.74) is 0.923. The number of aromatic amines is 1. The Balaban J connectivity index is 1.42. The SMILES string of the molecule is CC(C)(C)c1cnc(CSc2cnc(NC(=O)NCCc3cnc[nH]3)s2)o1. The number of carbonyl (C=O) groups excluding carboxylic acids is 1. The van der Waals surface area contributed by atoms with E-state index in [4.69, 9.17) is 4.42 Å². The Morgan fingerprint density at radius 2 is 2.15 bits per heavy atom. The van der Waals surface area contributed by atoms with Crippen molar-refractivity contribution in [2.45, 2.75) is 42.6 Å². The molecule has 0 unspecified atom stereocenters. The maximum Gasteiger partial charge on any atom is 0.321 e. The fourth-order valence-corrected chi connectivity index (χ4v) is 3.83. The van der Waals surface area contributed by atoms with Crippen LogP contribution in [0.2, 0.25) is 0 Å². The molecule has 144 valence electrons. The average Bonchev–Trinajstić information content (AvgIpc) is 3.34. The Labute approximate surface area is 165 Å². The highest BCUT2D eigenvalue weighted by atomic mass is 32.2. The van der Waals surface area contributed by atoms with Gasteiger partial charge in [0.05, 0.1) is 28.7 Å². The summed E-state index contributed by atoms with van der Waals surface area (Å²) in [5.74, 6) is 2.18. The average molecular weight is 407 g/mol. The van der Waals surface area contributed by atoms with Crippen molar-refractivity contribution >= 4 is 34.3 Å². The lowest BCUT2D eigenvalue weighted by molar-refractivity contribution is 0.252. The van der Waals surface area contributed by atoms with Gasteiger partial charge in [-0.25, -0.2) is 19.7 Å². The van der Waals surface area contributed by atoms with Crippen LogP contribution in [0.5, 0.6) is 0 Å². The number of carbonyl (C=O) groups is 1. The summed E-state index contributed by atoms with van der Waals surface area (Å²) in [6, 6.07) is -0.275. The fraction of sp³-hybridized carbons (Fsp3) is 0.412. The number of H-pyrrole nitrogens is 1. The van der Waals surface area contributed by atoms with Crippen molar-refractivity contribution in [2.24, 2.45) is 0 Å². The van der Waals surface area contributed by atoms with Gasteiger partial charge in [-0.05, 0) is 0 Å². The normalized spacial score (nSPS) is 11.5. The Bertz CT molecular complexity index is 866. The predicted octanol–water partition coefficient (Wildman–Crippen LogP) is 3.81. The number of rotatable bonds is 7. The van der Waals surface area contributed by atoms with Crippen LogP contribution in [0.3, 0.4) is 0 Å². The van der Waals surface area contributed by atoms with Crippen LogP contribution in [0.4, 0.5) is 9.93 Å². The molecule has 2 amide bonds. The number of imidazole rings is 1. The van der Waals surface area contributed by atoms with E-state index in [-0.39, 0.29) is 11.4 Å². The van der Waals surface area contributed by atoms with Crippen LogP contribution in [0.25, 0.3) is 0 Å². The molecule has 3 aromatic heterocycles. The molecule has 0 atom stereocenters.